The summed E-state index contributed by atoms with van der Waals surface area (Å²) in [4.78, 5) is 26.8. The van der Waals surface area contributed by atoms with Crippen molar-refractivity contribution in [2.75, 3.05) is 13.3 Å². The molecule has 5 rings (SSSR count). The molecule has 2 aromatic heterocycles. The average molecular weight is 413 g/mol. The molecule has 29 heavy (non-hydrogen) atoms. The highest BCUT2D eigenvalue weighted by Gasteiger charge is 2.23. The Morgan fingerprint density at radius 3 is 2.86 bits per heavy atom. The Labute approximate surface area is 172 Å². The zero-order valence-corrected chi connectivity index (χ0v) is 16.9. The summed E-state index contributed by atoms with van der Waals surface area (Å²) in [7, 11) is 0. The highest BCUT2D eigenvalue weighted by molar-refractivity contribution is 6.30. The Balaban J connectivity index is 1.41. The third-order valence-electron chi connectivity index (χ3n) is 5.41. The summed E-state index contributed by atoms with van der Waals surface area (Å²) in [6.45, 7) is 4.30. The molecule has 0 saturated carbocycles. The van der Waals surface area contributed by atoms with E-state index in [0.717, 1.165) is 65.1 Å². The summed E-state index contributed by atoms with van der Waals surface area (Å²) >= 11 is 6.47. The second kappa shape index (κ2) is 7.31. The topological polar surface area (TPSA) is 80.3 Å². The highest BCUT2D eigenvalue weighted by atomic mass is 35.5. The predicted molar refractivity (Wildman–Crippen MR) is 110 cm³/mol. The molecule has 8 heteroatoms. The fraction of sp³-hybridized carbons (Fsp3) is 0.381. The standard InChI is InChI=1S/C21H21ClN4O3/c1-2-3-19-23-15-4-5-26(10-14(15)21(27)25-19)9-13-6-12-7-17-18(29-11-28-17)8-16(12)24-20(13)22/h6-8H,2-5,9-11H2,1H3,(H,23,25,27). The maximum Gasteiger partial charge on any atom is 0.255 e. The van der Waals surface area contributed by atoms with Gasteiger partial charge in [0, 0.05) is 49.5 Å². The summed E-state index contributed by atoms with van der Waals surface area (Å²) in [5.41, 5.74) is 3.34. The molecule has 0 unspecified atom stereocenters. The molecule has 0 bridgehead atoms. The van der Waals surface area contributed by atoms with Crippen LogP contribution >= 0.6 is 11.6 Å². The minimum atomic E-state index is -0.0291. The van der Waals surface area contributed by atoms with Crippen LogP contribution in [-0.2, 0) is 25.9 Å². The van der Waals surface area contributed by atoms with Crippen LogP contribution in [0.4, 0.5) is 0 Å². The van der Waals surface area contributed by atoms with Crippen LogP contribution in [0.2, 0.25) is 5.15 Å². The van der Waals surface area contributed by atoms with E-state index in [0.29, 0.717) is 24.0 Å². The van der Waals surface area contributed by atoms with E-state index in [1.165, 1.54) is 0 Å². The van der Waals surface area contributed by atoms with Crippen molar-refractivity contribution in [2.45, 2.75) is 39.3 Å². The van der Waals surface area contributed by atoms with Gasteiger partial charge in [0.2, 0.25) is 6.79 Å². The van der Waals surface area contributed by atoms with Crippen molar-refractivity contribution >= 4 is 22.5 Å². The molecule has 2 aliphatic heterocycles. The van der Waals surface area contributed by atoms with Crippen LogP contribution in [0.25, 0.3) is 10.9 Å². The molecule has 4 heterocycles. The first-order chi connectivity index (χ1) is 14.1. The third-order valence-corrected chi connectivity index (χ3v) is 5.74. The Bertz CT molecular complexity index is 1160. The number of rotatable bonds is 4. The highest BCUT2D eigenvalue weighted by Crippen LogP contribution is 2.36. The summed E-state index contributed by atoms with van der Waals surface area (Å²) in [5, 5.41) is 1.42. The molecule has 0 saturated heterocycles. The Hall–Kier alpha value is -2.64. The summed E-state index contributed by atoms with van der Waals surface area (Å²) in [5.74, 6) is 2.20. The minimum Gasteiger partial charge on any atom is -0.454 e. The fourth-order valence-corrected chi connectivity index (χ4v) is 4.16. The molecule has 0 radical (unpaired) electrons. The summed E-state index contributed by atoms with van der Waals surface area (Å²) < 4.78 is 10.9. The third kappa shape index (κ3) is 3.45. The van der Waals surface area contributed by atoms with Gasteiger partial charge in [-0.25, -0.2) is 9.97 Å². The van der Waals surface area contributed by atoms with Crippen LogP contribution in [0.3, 0.4) is 0 Å². The van der Waals surface area contributed by atoms with E-state index >= 15 is 0 Å². The molecule has 2 aliphatic rings. The lowest BCUT2D eigenvalue weighted by atomic mass is 10.1. The Morgan fingerprint density at radius 1 is 1.21 bits per heavy atom. The first-order valence-corrected chi connectivity index (χ1v) is 10.2. The smallest absolute Gasteiger partial charge is 0.255 e. The lowest BCUT2D eigenvalue weighted by molar-refractivity contribution is 0.174. The van der Waals surface area contributed by atoms with Crippen LogP contribution in [-0.4, -0.2) is 33.2 Å². The number of aryl methyl sites for hydroxylation is 1. The zero-order chi connectivity index (χ0) is 20.0. The van der Waals surface area contributed by atoms with Crippen molar-refractivity contribution in [2.24, 2.45) is 0 Å². The van der Waals surface area contributed by atoms with Crippen molar-refractivity contribution in [1.82, 2.24) is 19.9 Å². The van der Waals surface area contributed by atoms with Gasteiger partial charge in [-0.1, -0.05) is 18.5 Å². The number of hydrogen-bond donors (Lipinski definition) is 1. The molecule has 1 N–H and O–H groups in total. The molecular formula is C21H21ClN4O3. The lowest BCUT2D eigenvalue weighted by Crippen LogP contribution is -2.35. The summed E-state index contributed by atoms with van der Waals surface area (Å²) in [6, 6.07) is 5.82. The van der Waals surface area contributed by atoms with Crippen LogP contribution in [0.15, 0.2) is 23.0 Å². The number of fused-ring (bicyclic) bond motifs is 3. The number of halogens is 1. The Morgan fingerprint density at radius 2 is 2.03 bits per heavy atom. The number of pyridine rings is 1. The molecule has 3 aromatic rings. The first-order valence-electron chi connectivity index (χ1n) is 9.83. The monoisotopic (exact) mass is 412 g/mol. The normalized spacial score (nSPS) is 15.7. The van der Waals surface area contributed by atoms with Crippen molar-refractivity contribution in [1.29, 1.82) is 0 Å². The number of nitrogens with one attached hydrogen (secondary N) is 1. The molecule has 0 amide bonds. The fourth-order valence-electron chi connectivity index (χ4n) is 3.96. The minimum absolute atomic E-state index is 0.0291. The maximum absolute atomic E-state index is 12.5. The van der Waals surface area contributed by atoms with Gasteiger partial charge in [-0.2, -0.15) is 0 Å². The quantitative estimate of drug-likeness (QED) is 0.663. The molecule has 150 valence electrons. The van der Waals surface area contributed by atoms with E-state index in [1.807, 2.05) is 18.2 Å². The van der Waals surface area contributed by atoms with E-state index in [1.54, 1.807) is 0 Å². The van der Waals surface area contributed by atoms with E-state index in [2.05, 4.69) is 26.8 Å². The second-order valence-corrected chi connectivity index (χ2v) is 7.84. The van der Waals surface area contributed by atoms with Crippen molar-refractivity contribution in [3.63, 3.8) is 0 Å². The molecule has 0 fully saturated rings. The van der Waals surface area contributed by atoms with Gasteiger partial charge in [-0.15, -0.1) is 0 Å². The van der Waals surface area contributed by atoms with Crippen molar-refractivity contribution < 1.29 is 9.47 Å². The van der Waals surface area contributed by atoms with Crippen molar-refractivity contribution in [3.05, 3.63) is 56.4 Å². The largest absolute Gasteiger partial charge is 0.454 e. The van der Waals surface area contributed by atoms with Gasteiger partial charge in [0.25, 0.3) is 5.56 Å². The number of ether oxygens (including phenoxy) is 2. The second-order valence-electron chi connectivity index (χ2n) is 7.48. The number of benzene rings is 1. The number of nitrogens with zero attached hydrogens (tertiary/aromatic N) is 3. The van der Waals surface area contributed by atoms with Gasteiger partial charge in [0.15, 0.2) is 11.5 Å². The SMILES string of the molecule is CCCc1nc2c(c(=O)[nH]1)CN(Cc1cc3cc4c(cc3nc1Cl)OCO4)CC2. The van der Waals surface area contributed by atoms with Crippen LogP contribution in [0.5, 0.6) is 11.5 Å². The van der Waals surface area contributed by atoms with Crippen LogP contribution in [0.1, 0.15) is 36.0 Å². The van der Waals surface area contributed by atoms with Gasteiger partial charge in [0.1, 0.15) is 11.0 Å². The van der Waals surface area contributed by atoms with Crippen LogP contribution in [0, 0.1) is 0 Å². The Kier molecular flexibility index (Phi) is 4.64. The van der Waals surface area contributed by atoms with Crippen LogP contribution < -0.4 is 15.0 Å². The molecule has 0 aliphatic carbocycles. The number of aromatic amines is 1. The van der Waals surface area contributed by atoms with Gasteiger partial charge in [0.05, 0.1) is 16.8 Å². The van der Waals surface area contributed by atoms with E-state index in [9.17, 15) is 4.79 Å². The molecule has 0 atom stereocenters. The number of aromatic nitrogens is 3. The molecule has 1 aromatic carbocycles. The number of H-pyrrole nitrogens is 1. The molecular weight excluding hydrogens is 392 g/mol. The maximum atomic E-state index is 12.5. The number of hydrogen-bond acceptors (Lipinski definition) is 6. The summed E-state index contributed by atoms with van der Waals surface area (Å²) in [6.07, 6.45) is 2.51. The molecule has 7 nitrogen and oxygen atoms in total. The van der Waals surface area contributed by atoms with E-state index in [4.69, 9.17) is 21.1 Å². The van der Waals surface area contributed by atoms with Crippen molar-refractivity contribution in [3.8, 4) is 11.5 Å². The van der Waals surface area contributed by atoms with Gasteiger partial charge in [-0.3, -0.25) is 9.69 Å². The zero-order valence-electron chi connectivity index (χ0n) is 16.1. The molecule has 0 spiro atoms. The van der Waals surface area contributed by atoms with Gasteiger partial charge in [-0.05, 0) is 18.6 Å². The predicted octanol–water partition coefficient (Wildman–Crippen LogP) is 3.21. The van der Waals surface area contributed by atoms with E-state index in [-0.39, 0.29) is 12.4 Å². The average Bonchev–Trinajstić information content (AvgIpc) is 3.15. The van der Waals surface area contributed by atoms with Gasteiger partial charge >= 0.3 is 0 Å². The van der Waals surface area contributed by atoms with E-state index < -0.39 is 0 Å². The lowest BCUT2D eigenvalue weighted by Gasteiger charge is -2.28. The van der Waals surface area contributed by atoms with Gasteiger partial charge < -0.3 is 14.5 Å². The first kappa shape index (κ1) is 18.4.